The van der Waals surface area contributed by atoms with Crippen LogP contribution in [0.25, 0.3) is 0 Å². The summed E-state index contributed by atoms with van der Waals surface area (Å²) >= 11 is 14.4. The van der Waals surface area contributed by atoms with E-state index in [0.29, 0.717) is 0 Å². The molecule has 2 nitrogen and oxygen atoms in total. The van der Waals surface area contributed by atoms with Crippen LogP contribution in [-0.4, -0.2) is 17.0 Å². The van der Waals surface area contributed by atoms with Gasteiger partial charge in [-0.25, -0.2) is 0 Å². The van der Waals surface area contributed by atoms with E-state index in [-0.39, 0.29) is 6.04 Å². The molecule has 0 heterocycles. The summed E-state index contributed by atoms with van der Waals surface area (Å²) in [6, 6.07) is 5.83. The van der Waals surface area contributed by atoms with E-state index in [0.717, 1.165) is 33.0 Å². The van der Waals surface area contributed by atoms with Gasteiger partial charge in [0, 0.05) is 27.1 Å². The first-order valence-corrected chi connectivity index (χ1v) is 8.51. The number of rotatable bonds is 6. The van der Waals surface area contributed by atoms with Crippen LogP contribution < -0.4 is 11.3 Å². The van der Waals surface area contributed by atoms with Crippen LogP contribution in [0.5, 0.6) is 0 Å². The molecule has 1 aliphatic rings. The third kappa shape index (κ3) is 4.54. The second-order valence-corrected chi connectivity index (χ2v) is 7.16. The maximum atomic E-state index is 6.20. The number of thioether (sulfide) groups is 1. The molecule has 5 heteroatoms. The molecule has 0 aliphatic heterocycles. The van der Waals surface area contributed by atoms with Crippen molar-refractivity contribution in [2.75, 3.05) is 5.75 Å². The molecule has 19 heavy (non-hydrogen) atoms. The van der Waals surface area contributed by atoms with Gasteiger partial charge >= 0.3 is 0 Å². The Balaban J connectivity index is 1.90. The number of hydrazine groups is 1. The van der Waals surface area contributed by atoms with Gasteiger partial charge in [0.05, 0.1) is 0 Å². The molecule has 1 fully saturated rings. The number of halogens is 2. The minimum atomic E-state index is 0.211. The summed E-state index contributed by atoms with van der Waals surface area (Å²) in [4.78, 5) is 0. The molecule has 1 saturated carbocycles. The predicted octanol–water partition coefficient (Wildman–Crippen LogP) is 4.04. The highest BCUT2D eigenvalue weighted by Crippen LogP contribution is 2.31. The number of nitrogens with two attached hydrogens (primary N) is 1. The van der Waals surface area contributed by atoms with E-state index in [4.69, 9.17) is 29.0 Å². The molecule has 1 unspecified atom stereocenters. The molecule has 0 radical (unpaired) electrons. The molecule has 1 atom stereocenters. The van der Waals surface area contributed by atoms with E-state index in [1.165, 1.54) is 25.7 Å². The van der Waals surface area contributed by atoms with E-state index in [9.17, 15) is 0 Å². The van der Waals surface area contributed by atoms with Crippen LogP contribution in [-0.2, 0) is 6.42 Å². The van der Waals surface area contributed by atoms with Gasteiger partial charge in [0.1, 0.15) is 0 Å². The van der Waals surface area contributed by atoms with E-state index in [1.807, 2.05) is 30.0 Å². The average Bonchev–Trinajstić information content (AvgIpc) is 2.91. The molecule has 3 N–H and O–H groups in total. The molecule has 0 aromatic heterocycles. The minimum Gasteiger partial charge on any atom is -0.271 e. The van der Waals surface area contributed by atoms with Gasteiger partial charge in [-0.2, -0.15) is 11.8 Å². The average molecular weight is 319 g/mol. The zero-order valence-electron chi connectivity index (χ0n) is 10.9. The topological polar surface area (TPSA) is 38.0 Å². The molecule has 1 aromatic carbocycles. The summed E-state index contributed by atoms with van der Waals surface area (Å²) in [5.74, 6) is 6.66. The Kier molecular flexibility index (Phi) is 6.30. The van der Waals surface area contributed by atoms with Crippen molar-refractivity contribution >= 4 is 35.0 Å². The standard InChI is InChI=1S/C14H20Cl2N2S/c15-13-6-3-7-14(16)12(13)8-10(18-17)9-19-11-4-1-2-5-11/h3,6-7,10-11,18H,1-2,4-5,8-9,17H2. The Morgan fingerprint density at radius 1 is 1.26 bits per heavy atom. The van der Waals surface area contributed by atoms with Crippen molar-refractivity contribution < 1.29 is 0 Å². The summed E-state index contributed by atoms with van der Waals surface area (Å²) < 4.78 is 0. The lowest BCUT2D eigenvalue weighted by molar-refractivity contribution is 0.574. The maximum Gasteiger partial charge on any atom is 0.0453 e. The monoisotopic (exact) mass is 318 g/mol. The van der Waals surface area contributed by atoms with Crippen LogP contribution in [0.3, 0.4) is 0 Å². The lowest BCUT2D eigenvalue weighted by atomic mass is 10.1. The zero-order chi connectivity index (χ0) is 13.7. The third-order valence-corrected chi connectivity index (χ3v) is 5.83. The Morgan fingerprint density at radius 2 is 1.89 bits per heavy atom. The molecule has 106 valence electrons. The maximum absolute atomic E-state index is 6.20. The Morgan fingerprint density at radius 3 is 2.47 bits per heavy atom. The van der Waals surface area contributed by atoms with Crippen molar-refractivity contribution in [1.29, 1.82) is 0 Å². The highest BCUT2D eigenvalue weighted by Gasteiger charge is 2.19. The first-order valence-electron chi connectivity index (χ1n) is 6.71. The highest BCUT2D eigenvalue weighted by atomic mass is 35.5. The van der Waals surface area contributed by atoms with Crippen LogP contribution >= 0.6 is 35.0 Å². The summed E-state index contributed by atoms with van der Waals surface area (Å²) in [6.45, 7) is 0. The number of nitrogens with one attached hydrogen (secondary N) is 1. The van der Waals surface area contributed by atoms with E-state index < -0.39 is 0 Å². The molecule has 1 aliphatic carbocycles. The van der Waals surface area contributed by atoms with Crippen LogP contribution in [0.4, 0.5) is 0 Å². The fourth-order valence-electron chi connectivity index (χ4n) is 2.45. The van der Waals surface area contributed by atoms with Gasteiger partial charge in [-0.05, 0) is 37.0 Å². The summed E-state index contributed by atoms with van der Waals surface area (Å²) in [7, 11) is 0. The third-order valence-electron chi connectivity index (χ3n) is 3.58. The van der Waals surface area contributed by atoms with Gasteiger partial charge in [0.2, 0.25) is 0 Å². The predicted molar refractivity (Wildman–Crippen MR) is 86.0 cm³/mol. The second-order valence-electron chi connectivity index (χ2n) is 5.01. The highest BCUT2D eigenvalue weighted by molar-refractivity contribution is 7.99. The fourth-order valence-corrected chi connectivity index (χ4v) is 4.38. The number of hydrogen-bond acceptors (Lipinski definition) is 3. The van der Waals surface area contributed by atoms with Crippen LogP contribution in [0.15, 0.2) is 18.2 Å². The zero-order valence-corrected chi connectivity index (χ0v) is 13.2. The Bertz CT molecular complexity index is 388. The van der Waals surface area contributed by atoms with Gasteiger partial charge in [0.25, 0.3) is 0 Å². The van der Waals surface area contributed by atoms with Gasteiger partial charge in [-0.3, -0.25) is 11.3 Å². The molecule has 1 aromatic rings. The first kappa shape index (κ1) is 15.5. The van der Waals surface area contributed by atoms with Crippen molar-refractivity contribution in [3.8, 4) is 0 Å². The molecule has 2 rings (SSSR count). The van der Waals surface area contributed by atoms with E-state index >= 15 is 0 Å². The summed E-state index contributed by atoms with van der Waals surface area (Å²) in [5, 5.41) is 2.25. The molecular formula is C14H20Cl2N2S. The van der Waals surface area contributed by atoms with Gasteiger partial charge < -0.3 is 0 Å². The minimum absolute atomic E-state index is 0.211. The first-order chi connectivity index (χ1) is 9.20. The summed E-state index contributed by atoms with van der Waals surface area (Å²) in [6.07, 6.45) is 6.20. The fraction of sp³-hybridized carbons (Fsp3) is 0.571. The smallest absolute Gasteiger partial charge is 0.0453 e. The summed E-state index contributed by atoms with van der Waals surface area (Å²) in [5.41, 5.74) is 3.88. The Labute approximate surface area is 129 Å². The molecule has 0 amide bonds. The van der Waals surface area contributed by atoms with Crippen molar-refractivity contribution in [2.45, 2.75) is 43.4 Å². The molecule has 0 spiro atoms. The van der Waals surface area contributed by atoms with Crippen molar-refractivity contribution in [2.24, 2.45) is 5.84 Å². The lowest BCUT2D eigenvalue weighted by Crippen LogP contribution is -2.39. The van der Waals surface area contributed by atoms with Gasteiger partial charge in [-0.1, -0.05) is 42.1 Å². The largest absolute Gasteiger partial charge is 0.271 e. The Hall–Kier alpha value is 0.0700. The molecule has 0 bridgehead atoms. The van der Waals surface area contributed by atoms with Crippen LogP contribution in [0, 0.1) is 0 Å². The number of benzene rings is 1. The number of hydrogen-bond donors (Lipinski definition) is 2. The van der Waals surface area contributed by atoms with Crippen LogP contribution in [0.2, 0.25) is 10.0 Å². The lowest BCUT2D eigenvalue weighted by Gasteiger charge is -2.19. The normalized spacial score (nSPS) is 17.8. The second kappa shape index (κ2) is 7.75. The SMILES string of the molecule is NNC(CSC1CCCC1)Cc1c(Cl)cccc1Cl. The van der Waals surface area contributed by atoms with Crippen molar-refractivity contribution in [3.05, 3.63) is 33.8 Å². The van der Waals surface area contributed by atoms with E-state index in [1.54, 1.807) is 0 Å². The molecular weight excluding hydrogens is 299 g/mol. The quantitative estimate of drug-likeness (QED) is 0.614. The van der Waals surface area contributed by atoms with Gasteiger partial charge in [-0.15, -0.1) is 0 Å². The van der Waals surface area contributed by atoms with Gasteiger partial charge in [0.15, 0.2) is 0 Å². The van der Waals surface area contributed by atoms with E-state index in [2.05, 4.69) is 5.43 Å². The van der Waals surface area contributed by atoms with Crippen molar-refractivity contribution in [3.63, 3.8) is 0 Å². The molecule has 0 saturated heterocycles. The van der Waals surface area contributed by atoms with Crippen molar-refractivity contribution in [1.82, 2.24) is 5.43 Å². The van der Waals surface area contributed by atoms with Crippen LogP contribution in [0.1, 0.15) is 31.2 Å².